The maximum absolute atomic E-state index is 12.8. The number of halogens is 1. The Hall–Kier alpha value is -1.21. The van der Waals surface area contributed by atoms with Crippen molar-refractivity contribution in [2.45, 2.75) is 23.8 Å². The first-order chi connectivity index (χ1) is 9.59. The van der Waals surface area contributed by atoms with E-state index in [1.165, 1.54) is 4.31 Å². The zero-order valence-electron chi connectivity index (χ0n) is 11.5. The zero-order chi connectivity index (χ0) is 14.2. The van der Waals surface area contributed by atoms with E-state index in [-0.39, 0.29) is 18.4 Å². The van der Waals surface area contributed by atoms with Crippen LogP contribution in [-0.4, -0.2) is 36.8 Å². The molecule has 2 aromatic rings. The molecule has 1 aliphatic heterocycles. The standard InChI is InChI=1S/C14H17N3O2S.ClH/c15-11-6-9-17(10-7-11)20(18,19)14-5-1-4-13-12(14)3-2-8-16-13;/h1-5,8,11H,6-7,9-10,15H2;1H. The second-order valence-corrected chi connectivity index (χ2v) is 6.97. The van der Waals surface area contributed by atoms with Crippen molar-refractivity contribution >= 4 is 33.3 Å². The quantitative estimate of drug-likeness (QED) is 0.912. The molecule has 0 spiro atoms. The fourth-order valence-corrected chi connectivity index (χ4v) is 4.23. The molecule has 1 fully saturated rings. The molecule has 21 heavy (non-hydrogen) atoms. The van der Waals surface area contributed by atoms with Crippen molar-refractivity contribution in [2.75, 3.05) is 13.1 Å². The average Bonchev–Trinajstić information content (AvgIpc) is 2.47. The van der Waals surface area contributed by atoms with E-state index in [0.717, 1.165) is 0 Å². The zero-order valence-corrected chi connectivity index (χ0v) is 13.1. The van der Waals surface area contributed by atoms with Crippen molar-refractivity contribution in [3.8, 4) is 0 Å². The van der Waals surface area contributed by atoms with Crippen molar-refractivity contribution in [1.82, 2.24) is 9.29 Å². The van der Waals surface area contributed by atoms with Crippen LogP contribution < -0.4 is 5.73 Å². The van der Waals surface area contributed by atoms with Crippen LogP contribution in [0.1, 0.15) is 12.8 Å². The Bertz CT molecular complexity index is 723. The molecule has 0 saturated carbocycles. The van der Waals surface area contributed by atoms with Gasteiger partial charge in [0.1, 0.15) is 0 Å². The summed E-state index contributed by atoms with van der Waals surface area (Å²) in [6, 6.07) is 8.86. The van der Waals surface area contributed by atoms with Gasteiger partial charge in [-0.3, -0.25) is 4.98 Å². The molecule has 0 atom stereocenters. The smallest absolute Gasteiger partial charge is 0.243 e. The van der Waals surface area contributed by atoms with Crippen molar-refractivity contribution < 1.29 is 8.42 Å². The van der Waals surface area contributed by atoms with Crippen LogP contribution >= 0.6 is 12.4 Å². The molecule has 0 aliphatic carbocycles. The molecular weight excluding hydrogens is 310 g/mol. The summed E-state index contributed by atoms with van der Waals surface area (Å²) >= 11 is 0. The van der Waals surface area contributed by atoms with Gasteiger partial charge >= 0.3 is 0 Å². The number of fused-ring (bicyclic) bond motifs is 1. The van der Waals surface area contributed by atoms with E-state index in [9.17, 15) is 8.42 Å². The second kappa shape index (κ2) is 6.27. The Labute approximate surface area is 130 Å². The SMILES string of the molecule is Cl.NC1CCN(S(=O)(=O)c2cccc3ncccc23)CC1. The van der Waals surface area contributed by atoms with Crippen LogP contribution in [0, 0.1) is 0 Å². The first kappa shape index (κ1) is 16.2. The van der Waals surface area contributed by atoms with Gasteiger partial charge in [0.05, 0.1) is 10.4 Å². The number of sulfonamides is 1. The molecule has 3 rings (SSSR count). The van der Waals surface area contributed by atoms with Crippen LogP contribution in [0.2, 0.25) is 0 Å². The molecule has 0 amide bonds. The Balaban J connectivity index is 0.00000161. The fourth-order valence-electron chi connectivity index (χ4n) is 2.56. The highest BCUT2D eigenvalue weighted by molar-refractivity contribution is 7.89. The number of benzene rings is 1. The predicted molar refractivity (Wildman–Crippen MR) is 85.0 cm³/mol. The Morgan fingerprint density at radius 2 is 1.86 bits per heavy atom. The summed E-state index contributed by atoms with van der Waals surface area (Å²) in [7, 11) is -3.47. The molecule has 5 nitrogen and oxygen atoms in total. The molecule has 2 N–H and O–H groups in total. The van der Waals surface area contributed by atoms with E-state index in [0.29, 0.717) is 41.7 Å². The van der Waals surface area contributed by atoms with Gasteiger partial charge in [-0.1, -0.05) is 6.07 Å². The lowest BCUT2D eigenvalue weighted by molar-refractivity contribution is 0.320. The summed E-state index contributed by atoms with van der Waals surface area (Å²) < 4.78 is 27.1. The van der Waals surface area contributed by atoms with E-state index >= 15 is 0 Å². The molecule has 2 heterocycles. The van der Waals surface area contributed by atoms with Gasteiger partial charge in [-0.15, -0.1) is 12.4 Å². The number of hydrogen-bond acceptors (Lipinski definition) is 4. The number of nitrogens with zero attached hydrogens (tertiary/aromatic N) is 2. The number of aromatic nitrogens is 1. The molecule has 1 aromatic heterocycles. The second-order valence-electron chi connectivity index (χ2n) is 5.07. The summed E-state index contributed by atoms with van der Waals surface area (Å²) in [5.41, 5.74) is 6.53. The highest BCUT2D eigenvalue weighted by atomic mass is 35.5. The summed E-state index contributed by atoms with van der Waals surface area (Å²) in [5, 5.41) is 0.671. The van der Waals surface area contributed by atoms with Gasteiger partial charge < -0.3 is 5.73 Å². The largest absolute Gasteiger partial charge is 0.328 e. The van der Waals surface area contributed by atoms with Crippen molar-refractivity contribution in [3.63, 3.8) is 0 Å². The fraction of sp³-hybridized carbons (Fsp3) is 0.357. The van der Waals surface area contributed by atoms with Crippen molar-refractivity contribution in [3.05, 3.63) is 36.5 Å². The summed E-state index contributed by atoms with van der Waals surface area (Å²) in [4.78, 5) is 4.54. The van der Waals surface area contributed by atoms with Gasteiger partial charge in [-0.2, -0.15) is 4.31 Å². The topological polar surface area (TPSA) is 76.3 Å². The Morgan fingerprint density at radius 1 is 1.14 bits per heavy atom. The van der Waals surface area contributed by atoms with Gasteiger partial charge in [-0.05, 0) is 37.1 Å². The summed E-state index contributed by atoms with van der Waals surface area (Å²) in [6.07, 6.45) is 3.09. The first-order valence-electron chi connectivity index (χ1n) is 6.68. The van der Waals surface area contributed by atoms with Gasteiger partial charge in [0.2, 0.25) is 10.0 Å². The highest BCUT2D eigenvalue weighted by Gasteiger charge is 2.29. The lowest BCUT2D eigenvalue weighted by atomic mass is 10.1. The maximum atomic E-state index is 12.8. The van der Waals surface area contributed by atoms with E-state index in [2.05, 4.69) is 4.98 Å². The molecule has 114 valence electrons. The number of piperidine rings is 1. The van der Waals surface area contributed by atoms with Crippen LogP contribution in [0.25, 0.3) is 10.9 Å². The van der Waals surface area contributed by atoms with Gasteiger partial charge in [-0.25, -0.2) is 8.42 Å². The minimum absolute atomic E-state index is 0. The minimum Gasteiger partial charge on any atom is -0.328 e. The van der Waals surface area contributed by atoms with E-state index in [4.69, 9.17) is 5.73 Å². The van der Waals surface area contributed by atoms with E-state index in [1.54, 1.807) is 30.5 Å². The predicted octanol–water partition coefficient (Wildman–Crippen LogP) is 1.77. The third-order valence-corrected chi connectivity index (χ3v) is 5.68. The maximum Gasteiger partial charge on any atom is 0.243 e. The lowest BCUT2D eigenvalue weighted by Gasteiger charge is -2.29. The van der Waals surface area contributed by atoms with E-state index in [1.807, 2.05) is 6.07 Å². The molecule has 1 saturated heterocycles. The monoisotopic (exact) mass is 327 g/mol. The summed E-state index contributed by atoms with van der Waals surface area (Å²) in [5.74, 6) is 0. The first-order valence-corrected chi connectivity index (χ1v) is 8.12. The van der Waals surface area contributed by atoms with Crippen LogP contribution in [0.4, 0.5) is 0 Å². The van der Waals surface area contributed by atoms with Gasteiger partial charge in [0.15, 0.2) is 0 Å². The van der Waals surface area contributed by atoms with Crippen LogP contribution in [0.5, 0.6) is 0 Å². The normalized spacial score (nSPS) is 17.6. The Kier molecular flexibility index (Phi) is 4.83. The molecule has 1 aliphatic rings. The average molecular weight is 328 g/mol. The number of rotatable bonds is 2. The van der Waals surface area contributed by atoms with Crippen LogP contribution in [0.3, 0.4) is 0 Å². The summed E-state index contributed by atoms with van der Waals surface area (Å²) in [6.45, 7) is 0.973. The van der Waals surface area contributed by atoms with E-state index < -0.39 is 10.0 Å². The number of nitrogens with two attached hydrogens (primary N) is 1. The Morgan fingerprint density at radius 3 is 2.57 bits per heavy atom. The lowest BCUT2D eigenvalue weighted by Crippen LogP contribution is -2.42. The van der Waals surface area contributed by atoms with Crippen molar-refractivity contribution in [1.29, 1.82) is 0 Å². The van der Waals surface area contributed by atoms with Crippen molar-refractivity contribution in [2.24, 2.45) is 5.73 Å². The third kappa shape index (κ3) is 3.03. The van der Waals surface area contributed by atoms with Gasteiger partial charge in [0.25, 0.3) is 0 Å². The third-order valence-electron chi connectivity index (χ3n) is 3.72. The van der Waals surface area contributed by atoms with Crippen LogP contribution in [0.15, 0.2) is 41.4 Å². The molecule has 0 bridgehead atoms. The molecule has 7 heteroatoms. The van der Waals surface area contributed by atoms with Gasteiger partial charge in [0, 0.05) is 30.7 Å². The number of pyridine rings is 1. The van der Waals surface area contributed by atoms with Crippen LogP contribution in [-0.2, 0) is 10.0 Å². The highest BCUT2D eigenvalue weighted by Crippen LogP contribution is 2.26. The molecule has 1 aromatic carbocycles. The molecule has 0 unspecified atom stereocenters. The minimum atomic E-state index is -3.47. The number of hydrogen-bond donors (Lipinski definition) is 1. The molecular formula is C14H18ClN3O2S. The molecule has 0 radical (unpaired) electrons.